The van der Waals surface area contributed by atoms with Crippen molar-refractivity contribution in [1.29, 1.82) is 0 Å². The van der Waals surface area contributed by atoms with Gasteiger partial charge in [0.15, 0.2) is 0 Å². The van der Waals surface area contributed by atoms with Gasteiger partial charge in [0, 0.05) is 38.4 Å². The summed E-state index contributed by atoms with van der Waals surface area (Å²) in [5.74, 6) is 0.566. The van der Waals surface area contributed by atoms with E-state index in [2.05, 4.69) is 15.2 Å². The van der Waals surface area contributed by atoms with Crippen molar-refractivity contribution in [3.05, 3.63) is 23.5 Å². The average Bonchev–Trinajstić information content (AvgIpc) is 3.00. The fraction of sp³-hybridized carbons (Fsp3) is 0.647. The van der Waals surface area contributed by atoms with E-state index in [4.69, 9.17) is 4.74 Å². The molecule has 0 radical (unpaired) electrons. The molecule has 2 fully saturated rings. The van der Waals surface area contributed by atoms with Crippen molar-refractivity contribution in [2.24, 2.45) is 5.92 Å². The molecule has 3 heterocycles. The Morgan fingerprint density at radius 2 is 2.09 bits per heavy atom. The van der Waals surface area contributed by atoms with E-state index in [1.165, 1.54) is 0 Å². The van der Waals surface area contributed by atoms with Gasteiger partial charge in [-0.1, -0.05) is 0 Å². The molecule has 0 saturated carbocycles. The zero-order valence-electron chi connectivity index (χ0n) is 14.0. The molecule has 1 N–H and O–H groups in total. The van der Waals surface area contributed by atoms with Gasteiger partial charge in [0.05, 0.1) is 24.6 Å². The first kappa shape index (κ1) is 16.2. The van der Waals surface area contributed by atoms with Crippen molar-refractivity contribution in [3.8, 4) is 0 Å². The number of ether oxygens (including phenoxy) is 1. The highest BCUT2D eigenvalue weighted by molar-refractivity contribution is 5.90. The van der Waals surface area contributed by atoms with Gasteiger partial charge in [-0.15, -0.1) is 0 Å². The fourth-order valence-electron chi connectivity index (χ4n) is 3.33. The number of urea groups is 1. The second-order valence-corrected chi connectivity index (χ2v) is 6.53. The summed E-state index contributed by atoms with van der Waals surface area (Å²) in [6.07, 6.45) is 1.08. The number of carbonyl (C=O) groups excluding carboxylic acids is 1. The molecule has 2 aliphatic heterocycles. The standard InChI is InChI=1S/C17H26N4O2/c1-13-3-4-16(14(2)18-13)19-17(22)21-6-5-15(12-21)11-20-7-9-23-10-8-20/h3-4,15H,5-12H2,1-2H3,(H,19,22)/t15-/m1/s1. The zero-order valence-corrected chi connectivity index (χ0v) is 14.0. The van der Waals surface area contributed by atoms with E-state index in [0.29, 0.717) is 5.92 Å². The van der Waals surface area contributed by atoms with E-state index in [1.807, 2.05) is 30.9 Å². The molecule has 2 aliphatic rings. The predicted molar refractivity (Wildman–Crippen MR) is 89.7 cm³/mol. The quantitative estimate of drug-likeness (QED) is 0.924. The summed E-state index contributed by atoms with van der Waals surface area (Å²) in [5, 5.41) is 2.99. The Kier molecular flexibility index (Phi) is 5.13. The lowest BCUT2D eigenvalue weighted by Crippen LogP contribution is -2.40. The first-order chi connectivity index (χ1) is 11.1. The smallest absolute Gasteiger partial charge is 0.321 e. The number of hydrogen-bond acceptors (Lipinski definition) is 4. The molecular formula is C17H26N4O2. The monoisotopic (exact) mass is 318 g/mol. The van der Waals surface area contributed by atoms with Crippen molar-refractivity contribution in [3.63, 3.8) is 0 Å². The van der Waals surface area contributed by atoms with Crippen molar-refractivity contribution in [2.75, 3.05) is 51.3 Å². The Morgan fingerprint density at radius 3 is 2.83 bits per heavy atom. The van der Waals surface area contributed by atoms with E-state index in [0.717, 1.165) is 69.4 Å². The van der Waals surface area contributed by atoms with Gasteiger partial charge in [-0.05, 0) is 38.3 Å². The van der Waals surface area contributed by atoms with E-state index in [1.54, 1.807) is 0 Å². The maximum Gasteiger partial charge on any atom is 0.321 e. The van der Waals surface area contributed by atoms with Crippen LogP contribution in [-0.4, -0.2) is 66.8 Å². The van der Waals surface area contributed by atoms with Gasteiger partial charge in [-0.2, -0.15) is 0 Å². The third kappa shape index (κ3) is 4.20. The lowest BCUT2D eigenvalue weighted by Gasteiger charge is -2.29. The summed E-state index contributed by atoms with van der Waals surface area (Å²) in [4.78, 5) is 21.2. The topological polar surface area (TPSA) is 57.7 Å². The number of aryl methyl sites for hydroxylation is 2. The van der Waals surface area contributed by atoms with Gasteiger partial charge in [0.2, 0.25) is 0 Å². The number of pyridine rings is 1. The molecule has 0 aliphatic carbocycles. The molecule has 1 aromatic heterocycles. The fourth-order valence-corrected chi connectivity index (χ4v) is 3.33. The van der Waals surface area contributed by atoms with Crippen LogP contribution in [0.2, 0.25) is 0 Å². The number of rotatable bonds is 3. The normalized spacial score (nSPS) is 22.3. The SMILES string of the molecule is Cc1ccc(NC(=O)N2CC[C@H](CN3CCOCC3)C2)c(C)n1. The van der Waals surface area contributed by atoms with Crippen molar-refractivity contribution < 1.29 is 9.53 Å². The molecule has 1 aromatic rings. The summed E-state index contributed by atoms with van der Waals surface area (Å²) >= 11 is 0. The van der Waals surface area contributed by atoms with Crippen LogP contribution in [0, 0.1) is 19.8 Å². The molecule has 1 atom stereocenters. The third-order valence-corrected chi connectivity index (χ3v) is 4.66. The summed E-state index contributed by atoms with van der Waals surface area (Å²) in [6, 6.07) is 3.84. The highest BCUT2D eigenvalue weighted by Gasteiger charge is 2.28. The maximum atomic E-state index is 12.4. The minimum Gasteiger partial charge on any atom is -0.379 e. The molecule has 0 aromatic carbocycles. The van der Waals surface area contributed by atoms with Crippen molar-refractivity contribution in [2.45, 2.75) is 20.3 Å². The van der Waals surface area contributed by atoms with Gasteiger partial charge in [-0.25, -0.2) is 4.79 Å². The summed E-state index contributed by atoms with van der Waals surface area (Å²) in [6.45, 7) is 10.3. The van der Waals surface area contributed by atoms with E-state index < -0.39 is 0 Å². The molecule has 6 heteroatoms. The molecule has 2 saturated heterocycles. The van der Waals surface area contributed by atoms with Gasteiger partial charge in [0.25, 0.3) is 0 Å². The van der Waals surface area contributed by atoms with Crippen LogP contribution < -0.4 is 5.32 Å². The molecule has 3 rings (SSSR count). The van der Waals surface area contributed by atoms with Crippen molar-refractivity contribution >= 4 is 11.7 Å². The van der Waals surface area contributed by atoms with Crippen LogP contribution in [0.4, 0.5) is 10.5 Å². The molecule has 126 valence electrons. The molecule has 23 heavy (non-hydrogen) atoms. The van der Waals surface area contributed by atoms with Crippen LogP contribution in [0.25, 0.3) is 0 Å². The largest absolute Gasteiger partial charge is 0.379 e. The number of nitrogens with one attached hydrogen (secondary N) is 1. The predicted octanol–water partition coefficient (Wildman–Crippen LogP) is 1.88. The first-order valence-electron chi connectivity index (χ1n) is 8.42. The van der Waals surface area contributed by atoms with Gasteiger partial charge in [0.1, 0.15) is 0 Å². The van der Waals surface area contributed by atoms with Crippen LogP contribution in [0.1, 0.15) is 17.8 Å². The number of carbonyl (C=O) groups is 1. The Hall–Kier alpha value is -1.66. The van der Waals surface area contributed by atoms with Gasteiger partial charge in [-0.3, -0.25) is 9.88 Å². The third-order valence-electron chi connectivity index (χ3n) is 4.66. The van der Waals surface area contributed by atoms with Crippen LogP contribution >= 0.6 is 0 Å². The Balaban J connectivity index is 1.50. The highest BCUT2D eigenvalue weighted by atomic mass is 16.5. The molecule has 6 nitrogen and oxygen atoms in total. The number of aromatic nitrogens is 1. The summed E-state index contributed by atoms with van der Waals surface area (Å²) in [7, 11) is 0. The van der Waals surface area contributed by atoms with E-state index in [-0.39, 0.29) is 6.03 Å². The van der Waals surface area contributed by atoms with E-state index >= 15 is 0 Å². The van der Waals surface area contributed by atoms with Crippen LogP contribution in [-0.2, 0) is 4.74 Å². The molecule has 2 amide bonds. The molecular weight excluding hydrogens is 292 g/mol. The second-order valence-electron chi connectivity index (χ2n) is 6.53. The number of amides is 2. The maximum absolute atomic E-state index is 12.4. The minimum absolute atomic E-state index is 0.0109. The van der Waals surface area contributed by atoms with Gasteiger partial charge >= 0.3 is 6.03 Å². The lowest BCUT2D eigenvalue weighted by molar-refractivity contribution is 0.0314. The first-order valence-corrected chi connectivity index (χ1v) is 8.42. The Morgan fingerprint density at radius 1 is 1.30 bits per heavy atom. The summed E-state index contributed by atoms with van der Waals surface area (Å²) in [5.41, 5.74) is 2.63. The van der Waals surface area contributed by atoms with Crippen LogP contribution in [0.15, 0.2) is 12.1 Å². The Labute approximate surface area is 137 Å². The summed E-state index contributed by atoms with van der Waals surface area (Å²) < 4.78 is 5.39. The van der Waals surface area contributed by atoms with Crippen LogP contribution in [0.3, 0.4) is 0 Å². The minimum atomic E-state index is -0.0109. The number of likely N-dealkylation sites (tertiary alicyclic amines) is 1. The highest BCUT2D eigenvalue weighted by Crippen LogP contribution is 2.20. The molecule has 0 unspecified atom stereocenters. The van der Waals surface area contributed by atoms with Crippen molar-refractivity contribution in [1.82, 2.24) is 14.8 Å². The average molecular weight is 318 g/mol. The van der Waals surface area contributed by atoms with E-state index in [9.17, 15) is 4.79 Å². The second kappa shape index (κ2) is 7.27. The number of anilines is 1. The molecule has 0 spiro atoms. The lowest BCUT2D eigenvalue weighted by atomic mass is 10.1. The Bertz CT molecular complexity index is 558. The van der Waals surface area contributed by atoms with Crippen LogP contribution in [0.5, 0.6) is 0 Å². The number of hydrogen-bond donors (Lipinski definition) is 1. The molecule has 0 bridgehead atoms. The zero-order chi connectivity index (χ0) is 16.2. The van der Waals surface area contributed by atoms with Gasteiger partial charge < -0.3 is 15.0 Å². The number of nitrogens with zero attached hydrogens (tertiary/aromatic N) is 3. The number of morpholine rings is 1.